The number of halogens is 3. The van der Waals surface area contributed by atoms with Gasteiger partial charge in [-0.05, 0) is 28.1 Å². The second-order valence-electron chi connectivity index (χ2n) is 2.81. The van der Waals surface area contributed by atoms with Gasteiger partial charge in [0.2, 0.25) is 0 Å². The molecule has 1 aromatic heterocycles. The number of fused-ring (bicyclic) bond motifs is 1. The van der Waals surface area contributed by atoms with Gasteiger partial charge in [-0.25, -0.2) is 0 Å². The lowest BCUT2D eigenvalue weighted by atomic mass is 10.2. The van der Waals surface area contributed by atoms with E-state index >= 15 is 0 Å². The Morgan fingerprint density at radius 1 is 1.36 bits per heavy atom. The van der Waals surface area contributed by atoms with E-state index in [1.807, 2.05) is 0 Å². The third-order valence-corrected chi connectivity index (χ3v) is 3.44. The zero-order chi connectivity index (χ0) is 10.3. The smallest absolute Gasteiger partial charge is 0.154 e. The molecule has 2 N–H and O–H groups in total. The van der Waals surface area contributed by atoms with Crippen LogP contribution in [0.25, 0.3) is 11.0 Å². The first-order valence-electron chi connectivity index (χ1n) is 3.89. The molecule has 0 saturated carbocycles. The molecule has 0 bridgehead atoms. The maximum absolute atomic E-state index is 6.06. The van der Waals surface area contributed by atoms with Crippen LogP contribution in [0, 0.1) is 0 Å². The molecule has 0 saturated heterocycles. The minimum atomic E-state index is 0.332. The fourth-order valence-corrected chi connectivity index (χ4v) is 2.27. The summed E-state index contributed by atoms with van der Waals surface area (Å²) >= 11 is 15.4. The molecule has 2 rings (SSSR count). The van der Waals surface area contributed by atoms with Crippen LogP contribution in [0.2, 0.25) is 10.0 Å². The van der Waals surface area contributed by atoms with Gasteiger partial charge in [-0.1, -0.05) is 23.2 Å². The summed E-state index contributed by atoms with van der Waals surface area (Å²) in [5, 5.41) is 1.90. The van der Waals surface area contributed by atoms with Crippen molar-refractivity contribution in [2.75, 3.05) is 0 Å². The van der Waals surface area contributed by atoms with Crippen LogP contribution in [-0.2, 0) is 6.54 Å². The van der Waals surface area contributed by atoms with Crippen molar-refractivity contribution < 1.29 is 4.42 Å². The van der Waals surface area contributed by atoms with Crippen molar-refractivity contribution in [2.45, 2.75) is 6.54 Å². The van der Waals surface area contributed by atoms with Gasteiger partial charge in [0, 0.05) is 9.86 Å². The molecule has 14 heavy (non-hydrogen) atoms. The average Bonchev–Trinajstić information content (AvgIpc) is 2.58. The first kappa shape index (κ1) is 10.3. The average molecular weight is 295 g/mol. The topological polar surface area (TPSA) is 39.2 Å². The highest BCUT2D eigenvalue weighted by Crippen LogP contribution is 2.37. The van der Waals surface area contributed by atoms with E-state index in [-0.39, 0.29) is 0 Å². The largest absolute Gasteiger partial charge is 0.458 e. The molecular formula is C9H6BrCl2NO. The molecule has 0 fully saturated rings. The first-order chi connectivity index (χ1) is 6.63. The second-order valence-corrected chi connectivity index (χ2v) is 4.45. The van der Waals surface area contributed by atoms with E-state index in [0.29, 0.717) is 27.9 Å². The van der Waals surface area contributed by atoms with E-state index < -0.39 is 0 Å². The number of rotatable bonds is 1. The van der Waals surface area contributed by atoms with E-state index in [2.05, 4.69) is 15.9 Å². The molecule has 1 heterocycles. The Balaban J connectivity index is 2.84. The second kappa shape index (κ2) is 3.74. The van der Waals surface area contributed by atoms with E-state index in [4.69, 9.17) is 33.4 Å². The van der Waals surface area contributed by atoms with Crippen molar-refractivity contribution in [3.63, 3.8) is 0 Å². The van der Waals surface area contributed by atoms with Gasteiger partial charge in [-0.3, -0.25) is 0 Å². The van der Waals surface area contributed by atoms with Crippen molar-refractivity contribution in [2.24, 2.45) is 5.73 Å². The highest BCUT2D eigenvalue weighted by molar-refractivity contribution is 9.10. The van der Waals surface area contributed by atoms with Gasteiger partial charge in [0.1, 0.15) is 5.76 Å². The molecule has 0 aliphatic rings. The molecule has 0 spiro atoms. The van der Waals surface area contributed by atoms with Gasteiger partial charge < -0.3 is 10.2 Å². The lowest BCUT2D eigenvalue weighted by Crippen LogP contribution is -1.92. The molecule has 0 aliphatic heterocycles. The Bertz CT molecular complexity index is 495. The lowest BCUT2D eigenvalue weighted by molar-refractivity contribution is 0.552. The standard InChI is InChI=1S/C9H6BrCl2NO/c10-6-2-7(11)9-5(8(6)12)1-4(3-13)14-9/h1-2H,3,13H2. The van der Waals surface area contributed by atoms with E-state index in [1.165, 1.54) is 0 Å². The molecule has 0 atom stereocenters. The highest BCUT2D eigenvalue weighted by atomic mass is 79.9. The van der Waals surface area contributed by atoms with E-state index in [9.17, 15) is 0 Å². The number of hydrogen-bond donors (Lipinski definition) is 1. The zero-order valence-corrected chi connectivity index (χ0v) is 10.1. The zero-order valence-electron chi connectivity index (χ0n) is 6.98. The van der Waals surface area contributed by atoms with Crippen LogP contribution < -0.4 is 5.73 Å². The maximum Gasteiger partial charge on any atom is 0.154 e. The molecule has 2 aromatic rings. The van der Waals surface area contributed by atoms with Crippen molar-refractivity contribution >= 4 is 50.1 Å². The predicted octanol–water partition coefficient (Wildman–Crippen LogP) is 3.96. The summed E-state index contributed by atoms with van der Waals surface area (Å²) < 4.78 is 6.17. The van der Waals surface area contributed by atoms with Crippen LogP contribution in [0.4, 0.5) is 0 Å². The van der Waals surface area contributed by atoms with Gasteiger partial charge in [-0.15, -0.1) is 0 Å². The molecule has 0 radical (unpaired) electrons. The SMILES string of the molecule is NCc1cc2c(Cl)c(Br)cc(Cl)c2o1. The van der Waals surface area contributed by atoms with Crippen LogP contribution >= 0.6 is 39.1 Å². The highest BCUT2D eigenvalue weighted by Gasteiger charge is 2.12. The molecule has 0 aliphatic carbocycles. The van der Waals surface area contributed by atoms with Crippen molar-refractivity contribution in [3.05, 3.63) is 32.4 Å². The van der Waals surface area contributed by atoms with Gasteiger partial charge in [-0.2, -0.15) is 0 Å². The monoisotopic (exact) mass is 293 g/mol. The summed E-state index contributed by atoms with van der Waals surface area (Å²) in [6.07, 6.45) is 0. The number of benzene rings is 1. The molecule has 5 heteroatoms. The Kier molecular flexibility index (Phi) is 2.75. The van der Waals surface area contributed by atoms with E-state index in [0.717, 1.165) is 9.86 Å². The summed E-state index contributed by atoms with van der Waals surface area (Å²) in [4.78, 5) is 0. The van der Waals surface area contributed by atoms with Crippen molar-refractivity contribution in [3.8, 4) is 0 Å². The maximum atomic E-state index is 6.06. The summed E-state index contributed by atoms with van der Waals surface area (Å²) in [5.41, 5.74) is 6.04. The Morgan fingerprint density at radius 3 is 2.71 bits per heavy atom. The van der Waals surface area contributed by atoms with Crippen LogP contribution in [0.15, 0.2) is 21.0 Å². The number of hydrogen-bond acceptors (Lipinski definition) is 2. The fraction of sp³-hybridized carbons (Fsp3) is 0.111. The third-order valence-electron chi connectivity index (χ3n) is 1.90. The van der Waals surface area contributed by atoms with E-state index in [1.54, 1.807) is 12.1 Å². The summed E-state index contributed by atoms with van der Waals surface area (Å²) in [7, 11) is 0. The molecule has 1 aromatic carbocycles. The molecule has 0 amide bonds. The predicted molar refractivity (Wildman–Crippen MR) is 61.8 cm³/mol. The molecule has 74 valence electrons. The third kappa shape index (κ3) is 1.54. The minimum Gasteiger partial charge on any atom is -0.458 e. The number of furan rings is 1. The van der Waals surface area contributed by atoms with Gasteiger partial charge in [0.25, 0.3) is 0 Å². The normalized spacial score (nSPS) is 11.1. The summed E-state index contributed by atoms with van der Waals surface area (Å²) in [6, 6.07) is 3.50. The molecule has 0 unspecified atom stereocenters. The Labute approximate surface area is 99.1 Å². The number of nitrogens with two attached hydrogens (primary N) is 1. The minimum absolute atomic E-state index is 0.332. The van der Waals surface area contributed by atoms with Crippen molar-refractivity contribution in [1.82, 2.24) is 0 Å². The van der Waals surface area contributed by atoms with Crippen LogP contribution in [0.3, 0.4) is 0 Å². The van der Waals surface area contributed by atoms with Crippen LogP contribution in [0.1, 0.15) is 5.76 Å². The molecular weight excluding hydrogens is 289 g/mol. The van der Waals surface area contributed by atoms with Crippen LogP contribution in [0.5, 0.6) is 0 Å². The summed E-state index contributed by atoms with van der Waals surface area (Å²) in [6.45, 7) is 0.332. The quantitative estimate of drug-likeness (QED) is 0.809. The van der Waals surface area contributed by atoms with Crippen molar-refractivity contribution in [1.29, 1.82) is 0 Å². The molecule has 2 nitrogen and oxygen atoms in total. The van der Waals surface area contributed by atoms with Crippen LogP contribution in [-0.4, -0.2) is 0 Å². The van der Waals surface area contributed by atoms with Gasteiger partial charge in [0.05, 0.1) is 16.6 Å². The lowest BCUT2D eigenvalue weighted by Gasteiger charge is -1.98. The summed E-state index contributed by atoms with van der Waals surface area (Å²) in [5.74, 6) is 0.668. The Hall–Kier alpha value is -0.220. The Morgan fingerprint density at radius 2 is 2.07 bits per heavy atom. The van der Waals surface area contributed by atoms with Gasteiger partial charge in [0.15, 0.2) is 5.58 Å². The van der Waals surface area contributed by atoms with Gasteiger partial charge >= 0.3 is 0 Å². The fourth-order valence-electron chi connectivity index (χ4n) is 1.25. The first-order valence-corrected chi connectivity index (χ1v) is 5.44.